The highest BCUT2D eigenvalue weighted by atomic mass is 16.7. The lowest BCUT2D eigenvalue weighted by molar-refractivity contribution is -0.332. The Morgan fingerprint density at radius 2 is 1.66 bits per heavy atom. The lowest BCUT2D eigenvalue weighted by atomic mass is 9.79. The zero-order valence-corrected chi connectivity index (χ0v) is 31.2. The van der Waals surface area contributed by atoms with Gasteiger partial charge in [0.25, 0.3) is 0 Å². The molecule has 13 heteroatoms. The quantitative estimate of drug-likeness (QED) is 0.191. The van der Waals surface area contributed by atoms with Gasteiger partial charge in [0.15, 0.2) is 18.4 Å². The summed E-state index contributed by atoms with van der Waals surface area (Å²) in [6.45, 7) is 12.9. The van der Waals surface area contributed by atoms with Crippen molar-refractivity contribution in [2.24, 2.45) is 23.7 Å². The van der Waals surface area contributed by atoms with E-state index in [9.17, 15) is 29.7 Å². The molecular formula is C37H61NO12. The third-order valence-corrected chi connectivity index (χ3v) is 11.3. The van der Waals surface area contributed by atoms with Crippen molar-refractivity contribution >= 4 is 18.0 Å². The molecule has 0 bridgehead atoms. The first kappa shape index (κ1) is 41.0. The molecule has 0 aliphatic carbocycles. The van der Waals surface area contributed by atoms with E-state index in [1.165, 1.54) is 6.08 Å². The average molecular weight is 712 g/mol. The molecule has 0 spiro atoms. The highest BCUT2D eigenvalue weighted by Crippen LogP contribution is 2.45. The maximum absolute atomic E-state index is 13.4. The van der Waals surface area contributed by atoms with Crippen LogP contribution in [0.1, 0.15) is 87.0 Å². The molecular weight excluding hydrogens is 650 g/mol. The first-order chi connectivity index (χ1) is 23.5. The van der Waals surface area contributed by atoms with Crippen molar-refractivity contribution in [1.82, 2.24) is 4.90 Å². The minimum absolute atomic E-state index is 0.0100. The number of esters is 1. The van der Waals surface area contributed by atoms with Gasteiger partial charge in [-0.05, 0) is 72.2 Å². The fourth-order valence-corrected chi connectivity index (χ4v) is 7.96. The Hall–Kier alpha value is -1.81. The lowest BCUT2D eigenvalue weighted by Gasteiger charge is -2.49. The van der Waals surface area contributed by atoms with Gasteiger partial charge in [-0.3, -0.25) is 9.59 Å². The standard InChI is InChI=1S/C37H61NO12/c1-10-28-21(4)35-37(7,50-35)15-13-25(40)19(2)17-24(14-16-39)33(20(3)27(42)18-29(43)47-28)49-36-32(44)31(38(8)9)34(23(6)46-36)48-30-12-11-26(41)22(5)45-30/h13,15-16,19-24,26-28,30-36,41-42,44H,10-12,14,17-18H2,1-9H3/b15-13-/t19-,20-,21+,22-,23-,24+,26+,27+,28+,30+,31-,32-,33-,34+,35+,36-,37+/m0/s1. The number of cyclic esters (lactones) is 1. The minimum Gasteiger partial charge on any atom is -0.462 e. The monoisotopic (exact) mass is 711 g/mol. The van der Waals surface area contributed by atoms with Gasteiger partial charge >= 0.3 is 5.97 Å². The number of fused-ring (bicyclic) bond motifs is 1. The normalized spacial score (nSPS) is 47.3. The number of carbonyl (C=O) groups is 3. The summed E-state index contributed by atoms with van der Waals surface area (Å²) in [7, 11) is 3.63. The predicted octanol–water partition coefficient (Wildman–Crippen LogP) is 2.55. The van der Waals surface area contributed by atoms with Gasteiger partial charge in [0.2, 0.25) is 0 Å². The molecule has 4 rings (SSSR count). The van der Waals surface area contributed by atoms with Crippen LogP contribution in [0.25, 0.3) is 0 Å². The maximum atomic E-state index is 13.4. The van der Waals surface area contributed by atoms with Crippen molar-refractivity contribution in [1.29, 1.82) is 0 Å². The molecule has 286 valence electrons. The summed E-state index contributed by atoms with van der Waals surface area (Å²) >= 11 is 0. The topological polar surface area (TPSA) is 174 Å². The Morgan fingerprint density at radius 1 is 0.960 bits per heavy atom. The molecule has 3 N–H and O–H groups in total. The molecule has 3 saturated heterocycles. The summed E-state index contributed by atoms with van der Waals surface area (Å²) in [6.07, 6.45) is -2.51. The molecule has 0 aromatic rings. The molecule has 0 saturated carbocycles. The second-order valence-electron chi connectivity index (χ2n) is 15.5. The van der Waals surface area contributed by atoms with Gasteiger partial charge < -0.3 is 53.4 Å². The van der Waals surface area contributed by atoms with E-state index in [-0.39, 0.29) is 37.1 Å². The van der Waals surface area contributed by atoms with Crippen LogP contribution < -0.4 is 0 Å². The first-order valence-corrected chi connectivity index (χ1v) is 18.4. The number of hydrogen-bond acceptors (Lipinski definition) is 13. The zero-order valence-electron chi connectivity index (χ0n) is 31.2. The molecule has 0 amide bonds. The number of hydrogen-bond donors (Lipinski definition) is 3. The number of allylic oxidation sites excluding steroid dienone is 1. The van der Waals surface area contributed by atoms with Gasteiger partial charge in [-0.25, -0.2) is 0 Å². The van der Waals surface area contributed by atoms with Gasteiger partial charge in [0.05, 0.1) is 49.1 Å². The molecule has 0 aromatic carbocycles. The molecule has 50 heavy (non-hydrogen) atoms. The molecule has 3 fully saturated rings. The van der Waals surface area contributed by atoms with Crippen LogP contribution in [0.15, 0.2) is 12.2 Å². The first-order valence-electron chi connectivity index (χ1n) is 18.4. The fraction of sp³-hybridized carbons (Fsp3) is 0.865. The van der Waals surface area contributed by atoms with Crippen LogP contribution in [0.4, 0.5) is 0 Å². The largest absolute Gasteiger partial charge is 0.462 e. The summed E-state index contributed by atoms with van der Waals surface area (Å²) in [6, 6.07) is -0.603. The highest BCUT2D eigenvalue weighted by molar-refractivity contribution is 5.91. The van der Waals surface area contributed by atoms with E-state index in [1.54, 1.807) is 26.8 Å². The molecule has 0 radical (unpaired) electrons. The number of carbonyl (C=O) groups excluding carboxylic acids is 3. The summed E-state index contributed by atoms with van der Waals surface area (Å²) in [4.78, 5) is 40.5. The summed E-state index contributed by atoms with van der Waals surface area (Å²) < 4.78 is 37.0. The number of likely N-dealkylation sites (N-methyl/N-ethyl adjacent to an activating group) is 1. The molecule has 4 heterocycles. The Morgan fingerprint density at radius 3 is 2.28 bits per heavy atom. The third-order valence-electron chi connectivity index (χ3n) is 11.3. The molecule has 0 aromatic heterocycles. The second kappa shape index (κ2) is 17.3. The number of ether oxygens (including phenoxy) is 6. The van der Waals surface area contributed by atoms with E-state index in [0.717, 1.165) is 6.29 Å². The van der Waals surface area contributed by atoms with Crippen LogP contribution in [0.5, 0.6) is 0 Å². The number of aliphatic hydroxyl groups excluding tert-OH is 3. The number of aldehydes is 1. The van der Waals surface area contributed by atoms with Crippen LogP contribution in [0.3, 0.4) is 0 Å². The van der Waals surface area contributed by atoms with Crippen molar-refractivity contribution < 1.29 is 58.1 Å². The van der Waals surface area contributed by atoms with E-state index in [1.807, 2.05) is 46.7 Å². The van der Waals surface area contributed by atoms with Gasteiger partial charge in [-0.1, -0.05) is 27.7 Å². The van der Waals surface area contributed by atoms with Crippen molar-refractivity contribution in [2.75, 3.05) is 14.1 Å². The van der Waals surface area contributed by atoms with E-state index in [0.29, 0.717) is 19.3 Å². The molecule has 17 atom stereocenters. The van der Waals surface area contributed by atoms with Crippen molar-refractivity contribution in [2.45, 2.75) is 166 Å². The highest BCUT2D eigenvalue weighted by Gasteiger charge is 2.55. The number of ketones is 1. The van der Waals surface area contributed by atoms with E-state index in [2.05, 4.69) is 0 Å². The number of rotatable bonds is 8. The number of aliphatic hydroxyl groups is 3. The SMILES string of the molecule is CC[C@H]1OC(=O)C[C@@H](O)[C@H](C)[C@H](O[C@@H]2O[C@@H](C)[C@@H](O[C@@H]3CC[C@@H](O)[C@H](C)O3)[C@@H](N(C)C)[C@@H]2O)[C@H](CC=O)C[C@H](C)C(=O)/C=C\[C@@]2(C)O[C@@H]2[C@@H]1C. The number of nitrogens with zero attached hydrogens (tertiary/aromatic N) is 1. The summed E-state index contributed by atoms with van der Waals surface area (Å²) in [5, 5.41) is 33.4. The Kier molecular flexibility index (Phi) is 14.2. The third kappa shape index (κ3) is 9.59. The van der Waals surface area contributed by atoms with Crippen molar-refractivity contribution in [3.8, 4) is 0 Å². The molecule has 4 aliphatic rings. The van der Waals surface area contributed by atoms with E-state index in [4.69, 9.17) is 28.4 Å². The second-order valence-corrected chi connectivity index (χ2v) is 15.5. The smallest absolute Gasteiger partial charge is 0.308 e. The van der Waals surface area contributed by atoms with Crippen molar-refractivity contribution in [3.63, 3.8) is 0 Å². The molecule has 4 aliphatic heterocycles. The fourth-order valence-electron chi connectivity index (χ4n) is 7.96. The summed E-state index contributed by atoms with van der Waals surface area (Å²) in [5.41, 5.74) is -0.675. The molecule has 13 nitrogen and oxygen atoms in total. The van der Waals surface area contributed by atoms with Crippen molar-refractivity contribution in [3.05, 3.63) is 12.2 Å². The van der Waals surface area contributed by atoms with E-state index < -0.39 is 96.8 Å². The average Bonchev–Trinajstić information content (AvgIpc) is 3.74. The van der Waals surface area contributed by atoms with Crippen LogP contribution in [-0.2, 0) is 42.8 Å². The van der Waals surface area contributed by atoms with E-state index >= 15 is 0 Å². The van der Waals surface area contributed by atoms with Crippen LogP contribution in [0, 0.1) is 23.7 Å². The Bertz CT molecular complexity index is 1180. The minimum atomic E-state index is -1.23. The van der Waals surface area contributed by atoms with Gasteiger partial charge in [0.1, 0.15) is 30.2 Å². The Labute approximate surface area is 296 Å². The maximum Gasteiger partial charge on any atom is 0.308 e. The van der Waals surface area contributed by atoms with Gasteiger partial charge in [-0.15, -0.1) is 0 Å². The number of epoxide rings is 1. The zero-order chi connectivity index (χ0) is 37.1. The van der Waals surface area contributed by atoms with Crippen LogP contribution >= 0.6 is 0 Å². The van der Waals surface area contributed by atoms with Gasteiger partial charge in [-0.2, -0.15) is 0 Å². The predicted molar refractivity (Wildman–Crippen MR) is 182 cm³/mol. The summed E-state index contributed by atoms with van der Waals surface area (Å²) in [5.74, 6) is -2.66. The van der Waals surface area contributed by atoms with Gasteiger partial charge in [0, 0.05) is 30.6 Å². The molecule has 0 unspecified atom stereocenters. The Balaban J connectivity index is 1.61. The lowest BCUT2D eigenvalue weighted by Crippen LogP contribution is -2.64. The van der Waals surface area contributed by atoms with Crippen LogP contribution in [0.2, 0.25) is 0 Å². The van der Waals surface area contributed by atoms with Crippen LogP contribution in [-0.4, -0.2) is 132 Å².